The third-order valence-electron chi connectivity index (χ3n) is 3.59. The van der Waals surface area contributed by atoms with Crippen molar-refractivity contribution in [3.63, 3.8) is 0 Å². The van der Waals surface area contributed by atoms with Gasteiger partial charge < -0.3 is 5.32 Å². The highest BCUT2D eigenvalue weighted by atomic mass is 14.9. The molecule has 2 unspecified atom stereocenters. The summed E-state index contributed by atoms with van der Waals surface area (Å²) < 4.78 is 0. The predicted octanol–water partition coefficient (Wildman–Crippen LogP) is 4.39. The first-order valence-corrected chi connectivity index (χ1v) is 6.89. The highest BCUT2D eigenvalue weighted by Gasteiger charge is 2.15. The van der Waals surface area contributed by atoms with Crippen molar-refractivity contribution in [1.29, 1.82) is 0 Å². The topological polar surface area (TPSA) is 12.0 Å². The van der Waals surface area contributed by atoms with E-state index < -0.39 is 0 Å². The smallest absolute Gasteiger partial charge is 0.0325 e. The third kappa shape index (κ3) is 4.16. The van der Waals surface area contributed by atoms with Crippen LogP contribution in [0.4, 0.5) is 0 Å². The summed E-state index contributed by atoms with van der Waals surface area (Å²) in [6, 6.07) is 7.32. The average Bonchev–Trinajstić information content (AvgIpc) is 2.28. The molecule has 1 rings (SSSR count). The lowest BCUT2D eigenvalue weighted by Crippen LogP contribution is -2.23. The van der Waals surface area contributed by atoms with E-state index in [9.17, 15) is 0 Å². The molecule has 96 valence electrons. The molecule has 1 aromatic carbocycles. The van der Waals surface area contributed by atoms with Crippen molar-refractivity contribution in [2.24, 2.45) is 5.92 Å². The van der Waals surface area contributed by atoms with Crippen LogP contribution in [0.15, 0.2) is 18.2 Å². The molecule has 17 heavy (non-hydrogen) atoms. The van der Waals surface area contributed by atoms with Gasteiger partial charge in [0.25, 0.3) is 0 Å². The number of aryl methyl sites for hydroxylation is 2. The Labute approximate surface area is 107 Å². The molecule has 2 atom stereocenters. The van der Waals surface area contributed by atoms with Gasteiger partial charge in [-0.15, -0.1) is 0 Å². The van der Waals surface area contributed by atoms with Crippen molar-refractivity contribution < 1.29 is 0 Å². The van der Waals surface area contributed by atoms with Crippen molar-refractivity contribution in [3.05, 3.63) is 34.9 Å². The maximum atomic E-state index is 3.62. The van der Waals surface area contributed by atoms with Crippen molar-refractivity contribution in [3.8, 4) is 0 Å². The Morgan fingerprint density at radius 1 is 1.18 bits per heavy atom. The molecule has 0 fully saturated rings. The second-order valence-electron chi connectivity index (χ2n) is 5.22. The SMILES string of the molecule is CCNC(CC(C)CC)c1ccc(C)cc1C. The van der Waals surface area contributed by atoms with E-state index in [1.807, 2.05) is 0 Å². The lowest BCUT2D eigenvalue weighted by molar-refractivity contribution is 0.407. The van der Waals surface area contributed by atoms with E-state index in [1.165, 1.54) is 29.5 Å². The summed E-state index contributed by atoms with van der Waals surface area (Å²) in [4.78, 5) is 0. The Bertz CT molecular complexity index is 343. The van der Waals surface area contributed by atoms with Crippen LogP contribution in [0.3, 0.4) is 0 Å². The van der Waals surface area contributed by atoms with Crippen molar-refractivity contribution in [2.75, 3.05) is 6.54 Å². The summed E-state index contributed by atoms with van der Waals surface area (Å²) >= 11 is 0. The van der Waals surface area contributed by atoms with Crippen LogP contribution in [0.25, 0.3) is 0 Å². The van der Waals surface area contributed by atoms with E-state index in [4.69, 9.17) is 0 Å². The van der Waals surface area contributed by atoms with Gasteiger partial charge in [-0.1, -0.05) is 51.0 Å². The molecule has 0 heterocycles. The zero-order valence-electron chi connectivity index (χ0n) is 12.0. The molecule has 0 aromatic heterocycles. The van der Waals surface area contributed by atoms with E-state index in [0.29, 0.717) is 6.04 Å². The summed E-state index contributed by atoms with van der Waals surface area (Å²) in [5, 5.41) is 3.62. The normalized spacial score (nSPS) is 14.6. The standard InChI is InChI=1S/C16H27N/c1-6-12(3)11-16(17-7-2)15-9-8-13(4)10-14(15)5/h8-10,12,16-17H,6-7,11H2,1-5H3. The second-order valence-corrected chi connectivity index (χ2v) is 5.22. The van der Waals surface area contributed by atoms with Crippen LogP contribution < -0.4 is 5.32 Å². The van der Waals surface area contributed by atoms with Gasteiger partial charge in [-0.25, -0.2) is 0 Å². The van der Waals surface area contributed by atoms with Crippen LogP contribution in [0.5, 0.6) is 0 Å². The second kappa shape index (κ2) is 6.80. The maximum absolute atomic E-state index is 3.62. The molecule has 0 aliphatic heterocycles. The van der Waals surface area contributed by atoms with Crippen LogP contribution in [0.1, 0.15) is 56.3 Å². The van der Waals surface area contributed by atoms with Crippen molar-refractivity contribution in [2.45, 2.75) is 53.5 Å². The Morgan fingerprint density at radius 3 is 2.41 bits per heavy atom. The summed E-state index contributed by atoms with van der Waals surface area (Å²) in [5.41, 5.74) is 4.24. The maximum Gasteiger partial charge on any atom is 0.0325 e. The highest BCUT2D eigenvalue weighted by Crippen LogP contribution is 2.26. The monoisotopic (exact) mass is 233 g/mol. The van der Waals surface area contributed by atoms with Gasteiger partial charge in [0.1, 0.15) is 0 Å². The first-order valence-electron chi connectivity index (χ1n) is 6.89. The molecule has 0 aliphatic carbocycles. The molecule has 1 heteroatoms. The number of nitrogens with one attached hydrogen (secondary N) is 1. The molecule has 0 radical (unpaired) electrons. The minimum atomic E-state index is 0.510. The fourth-order valence-electron chi connectivity index (χ4n) is 2.35. The Hall–Kier alpha value is -0.820. The number of benzene rings is 1. The zero-order valence-corrected chi connectivity index (χ0v) is 12.0. The van der Waals surface area contributed by atoms with E-state index in [0.717, 1.165) is 12.5 Å². The first-order chi connectivity index (χ1) is 8.08. The molecule has 0 aliphatic rings. The van der Waals surface area contributed by atoms with Crippen LogP contribution in [-0.4, -0.2) is 6.54 Å². The Morgan fingerprint density at radius 2 is 1.88 bits per heavy atom. The number of hydrogen-bond donors (Lipinski definition) is 1. The van der Waals surface area contributed by atoms with Crippen LogP contribution in [0, 0.1) is 19.8 Å². The number of hydrogen-bond acceptors (Lipinski definition) is 1. The molecule has 0 saturated heterocycles. The van der Waals surface area contributed by atoms with E-state index >= 15 is 0 Å². The molecule has 1 aromatic rings. The molecule has 0 amide bonds. The molecular formula is C16H27N. The van der Waals surface area contributed by atoms with Crippen LogP contribution >= 0.6 is 0 Å². The molecule has 0 spiro atoms. The van der Waals surface area contributed by atoms with Crippen LogP contribution in [-0.2, 0) is 0 Å². The van der Waals surface area contributed by atoms with Gasteiger partial charge in [0.15, 0.2) is 0 Å². The van der Waals surface area contributed by atoms with Gasteiger partial charge >= 0.3 is 0 Å². The van der Waals surface area contributed by atoms with Gasteiger partial charge in [0.2, 0.25) is 0 Å². The quantitative estimate of drug-likeness (QED) is 0.768. The lowest BCUT2D eigenvalue weighted by Gasteiger charge is -2.23. The number of rotatable bonds is 6. The van der Waals surface area contributed by atoms with Gasteiger partial charge in [-0.05, 0) is 43.9 Å². The van der Waals surface area contributed by atoms with Crippen molar-refractivity contribution >= 4 is 0 Å². The minimum Gasteiger partial charge on any atom is -0.310 e. The minimum absolute atomic E-state index is 0.510. The lowest BCUT2D eigenvalue weighted by atomic mass is 9.91. The average molecular weight is 233 g/mol. The van der Waals surface area contributed by atoms with Gasteiger partial charge in [0, 0.05) is 6.04 Å². The molecule has 0 saturated carbocycles. The molecular weight excluding hydrogens is 206 g/mol. The van der Waals surface area contributed by atoms with Crippen LogP contribution in [0.2, 0.25) is 0 Å². The first kappa shape index (κ1) is 14.2. The Balaban J connectivity index is 2.88. The molecule has 1 N–H and O–H groups in total. The van der Waals surface area contributed by atoms with E-state index in [1.54, 1.807) is 0 Å². The summed E-state index contributed by atoms with van der Waals surface area (Å²) in [6.45, 7) is 12.2. The van der Waals surface area contributed by atoms with E-state index in [-0.39, 0.29) is 0 Å². The summed E-state index contributed by atoms with van der Waals surface area (Å²) in [5.74, 6) is 0.778. The highest BCUT2D eigenvalue weighted by molar-refractivity contribution is 5.32. The fourth-order valence-corrected chi connectivity index (χ4v) is 2.35. The largest absolute Gasteiger partial charge is 0.310 e. The van der Waals surface area contributed by atoms with Crippen molar-refractivity contribution in [1.82, 2.24) is 5.32 Å². The van der Waals surface area contributed by atoms with Gasteiger partial charge in [-0.2, -0.15) is 0 Å². The summed E-state index contributed by atoms with van der Waals surface area (Å²) in [6.07, 6.45) is 2.49. The van der Waals surface area contributed by atoms with E-state index in [2.05, 4.69) is 58.1 Å². The zero-order chi connectivity index (χ0) is 12.8. The molecule has 0 bridgehead atoms. The predicted molar refractivity (Wildman–Crippen MR) is 76.4 cm³/mol. The third-order valence-corrected chi connectivity index (χ3v) is 3.59. The fraction of sp³-hybridized carbons (Fsp3) is 0.625. The van der Waals surface area contributed by atoms with Gasteiger partial charge in [-0.3, -0.25) is 0 Å². The van der Waals surface area contributed by atoms with Gasteiger partial charge in [0.05, 0.1) is 0 Å². The Kier molecular flexibility index (Phi) is 5.70. The summed E-state index contributed by atoms with van der Waals surface area (Å²) in [7, 11) is 0. The molecule has 1 nitrogen and oxygen atoms in total.